The predicted octanol–water partition coefficient (Wildman–Crippen LogP) is 2.89. The number of pyridine rings is 1. The molecule has 0 saturated carbocycles. The number of phenolic OH excluding ortho intramolecular Hbond substituents is 1. The second-order valence-electron chi connectivity index (χ2n) is 3.24. The summed E-state index contributed by atoms with van der Waals surface area (Å²) in [5.74, 6) is 0.262. The summed E-state index contributed by atoms with van der Waals surface area (Å²) in [7, 11) is 0. The topological polar surface area (TPSA) is 33.1 Å². The van der Waals surface area contributed by atoms with Crippen LogP contribution in [0.2, 0.25) is 0 Å². The van der Waals surface area contributed by atoms with Gasteiger partial charge in [0.15, 0.2) is 0 Å². The molecule has 0 atom stereocenters. The van der Waals surface area contributed by atoms with Crippen molar-refractivity contribution in [3.05, 3.63) is 42.1 Å². The van der Waals surface area contributed by atoms with E-state index in [2.05, 4.69) is 11.6 Å². The second-order valence-corrected chi connectivity index (χ2v) is 3.24. The molecule has 0 spiro atoms. The van der Waals surface area contributed by atoms with Crippen LogP contribution < -0.4 is 0 Å². The lowest BCUT2D eigenvalue weighted by atomic mass is 10.1. The molecule has 1 aromatic carbocycles. The molecule has 0 saturated heterocycles. The highest BCUT2D eigenvalue weighted by atomic mass is 16.3. The minimum Gasteiger partial charge on any atom is -0.508 e. The molecule has 1 heterocycles. The summed E-state index contributed by atoms with van der Waals surface area (Å²) in [5, 5.41) is 10.2. The lowest BCUT2D eigenvalue weighted by molar-refractivity contribution is 0.476. The van der Waals surface area contributed by atoms with Crippen LogP contribution in [0.4, 0.5) is 0 Å². The molecule has 0 fully saturated rings. The number of phenols is 1. The van der Waals surface area contributed by atoms with Crippen LogP contribution in [0.15, 0.2) is 30.8 Å². The van der Waals surface area contributed by atoms with Crippen LogP contribution in [-0.4, -0.2) is 10.1 Å². The van der Waals surface area contributed by atoms with Crippen molar-refractivity contribution in [2.45, 2.75) is 6.92 Å². The van der Waals surface area contributed by atoms with Crippen molar-refractivity contribution < 1.29 is 5.11 Å². The highest BCUT2D eigenvalue weighted by molar-refractivity contribution is 5.82. The van der Waals surface area contributed by atoms with E-state index < -0.39 is 0 Å². The van der Waals surface area contributed by atoms with Crippen molar-refractivity contribution in [2.24, 2.45) is 0 Å². The van der Waals surface area contributed by atoms with Gasteiger partial charge in [-0.1, -0.05) is 12.7 Å². The van der Waals surface area contributed by atoms with Gasteiger partial charge >= 0.3 is 0 Å². The van der Waals surface area contributed by atoms with Crippen molar-refractivity contribution in [2.75, 3.05) is 0 Å². The molecule has 0 aliphatic rings. The number of nitrogens with zero attached hydrogens (tertiary/aromatic N) is 1. The van der Waals surface area contributed by atoms with Gasteiger partial charge in [0.1, 0.15) is 5.75 Å². The van der Waals surface area contributed by atoms with Crippen LogP contribution in [0.25, 0.3) is 17.0 Å². The van der Waals surface area contributed by atoms with Crippen molar-refractivity contribution in [3.63, 3.8) is 0 Å². The number of fused-ring (bicyclic) bond motifs is 1. The van der Waals surface area contributed by atoms with E-state index in [0.717, 1.165) is 22.2 Å². The minimum atomic E-state index is 0.262. The summed E-state index contributed by atoms with van der Waals surface area (Å²) >= 11 is 0. The van der Waals surface area contributed by atoms with Crippen LogP contribution in [0.1, 0.15) is 11.3 Å². The Morgan fingerprint density at radius 1 is 1.36 bits per heavy atom. The largest absolute Gasteiger partial charge is 0.508 e. The van der Waals surface area contributed by atoms with Gasteiger partial charge in [-0.25, -0.2) is 0 Å². The number of rotatable bonds is 1. The lowest BCUT2D eigenvalue weighted by Crippen LogP contribution is -1.87. The van der Waals surface area contributed by atoms with E-state index in [0.29, 0.717) is 0 Å². The fraction of sp³-hybridized carbons (Fsp3) is 0.0833. The molecule has 0 bridgehead atoms. The van der Waals surface area contributed by atoms with Gasteiger partial charge in [-0.05, 0) is 36.8 Å². The number of benzene rings is 1. The highest BCUT2D eigenvalue weighted by Gasteiger charge is 2.00. The first-order valence-electron chi connectivity index (χ1n) is 4.43. The van der Waals surface area contributed by atoms with Crippen LogP contribution >= 0.6 is 0 Å². The summed E-state index contributed by atoms with van der Waals surface area (Å²) in [6.07, 6.45) is 1.77. The molecule has 0 aliphatic heterocycles. The molecule has 0 amide bonds. The van der Waals surface area contributed by atoms with Gasteiger partial charge in [-0.3, -0.25) is 4.98 Å². The fourth-order valence-electron chi connectivity index (χ4n) is 1.48. The standard InChI is InChI=1S/C12H11NO/c1-3-9-6-10-7-11(14)4-5-12(10)13-8(9)2/h3-7,14H,1H2,2H3. The Balaban J connectivity index is 2.79. The fourth-order valence-corrected chi connectivity index (χ4v) is 1.48. The number of aryl methyl sites for hydroxylation is 1. The third kappa shape index (κ3) is 1.35. The van der Waals surface area contributed by atoms with Crippen molar-refractivity contribution in [1.82, 2.24) is 4.98 Å². The number of hydrogen-bond donors (Lipinski definition) is 1. The van der Waals surface area contributed by atoms with Gasteiger partial charge in [0.25, 0.3) is 0 Å². The molecule has 2 aromatic rings. The Hall–Kier alpha value is -1.83. The molecule has 1 aromatic heterocycles. The molecule has 70 valence electrons. The predicted molar refractivity (Wildman–Crippen MR) is 58.2 cm³/mol. The lowest BCUT2D eigenvalue weighted by Gasteiger charge is -2.03. The highest BCUT2D eigenvalue weighted by Crippen LogP contribution is 2.21. The summed E-state index contributed by atoms with van der Waals surface area (Å²) in [6, 6.07) is 7.13. The van der Waals surface area contributed by atoms with Gasteiger partial charge in [0.2, 0.25) is 0 Å². The zero-order valence-corrected chi connectivity index (χ0v) is 7.99. The molecule has 2 heteroatoms. The van der Waals surface area contributed by atoms with E-state index in [1.807, 2.05) is 19.1 Å². The molecule has 2 nitrogen and oxygen atoms in total. The molecule has 1 N–H and O–H groups in total. The molecule has 0 unspecified atom stereocenters. The average Bonchev–Trinajstić information content (AvgIpc) is 2.17. The van der Waals surface area contributed by atoms with E-state index in [9.17, 15) is 5.11 Å². The van der Waals surface area contributed by atoms with Crippen LogP contribution in [0, 0.1) is 6.92 Å². The maximum Gasteiger partial charge on any atom is 0.116 e. The molecular weight excluding hydrogens is 174 g/mol. The van der Waals surface area contributed by atoms with Crippen molar-refractivity contribution >= 4 is 17.0 Å². The van der Waals surface area contributed by atoms with Crippen LogP contribution in [0.5, 0.6) is 5.75 Å². The third-order valence-corrected chi connectivity index (χ3v) is 2.25. The molecular formula is C12H11NO. The SMILES string of the molecule is C=Cc1cc2cc(O)ccc2nc1C. The smallest absolute Gasteiger partial charge is 0.116 e. The van der Waals surface area contributed by atoms with E-state index in [-0.39, 0.29) is 5.75 Å². The first kappa shape index (κ1) is 8.75. The normalized spacial score (nSPS) is 10.4. The zero-order valence-electron chi connectivity index (χ0n) is 7.99. The number of hydrogen-bond acceptors (Lipinski definition) is 2. The Morgan fingerprint density at radius 2 is 2.14 bits per heavy atom. The average molecular weight is 185 g/mol. The van der Waals surface area contributed by atoms with Crippen molar-refractivity contribution in [1.29, 1.82) is 0 Å². The first-order chi connectivity index (χ1) is 6.70. The van der Waals surface area contributed by atoms with Gasteiger partial charge in [0.05, 0.1) is 5.52 Å². The minimum absolute atomic E-state index is 0.262. The van der Waals surface area contributed by atoms with E-state index in [1.165, 1.54) is 0 Å². The molecule has 0 aliphatic carbocycles. The Labute approximate surface area is 82.5 Å². The number of aromatic nitrogens is 1. The summed E-state index contributed by atoms with van der Waals surface area (Å²) in [5.41, 5.74) is 2.85. The molecule has 14 heavy (non-hydrogen) atoms. The van der Waals surface area contributed by atoms with Gasteiger partial charge in [0, 0.05) is 11.1 Å². The van der Waals surface area contributed by atoms with Crippen LogP contribution in [0.3, 0.4) is 0 Å². The quantitative estimate of drug-likeness (QED) is 0.741. The Bertz CT molecular complexity index is 503. The van der Waals surface area contributed by atoms with Crippen LogP contribution in [-0.2, 0) is 0 Å². The van der Waals surface area contributed by atoms with E-state index in [4.69, 9.17) is 0 Å². The van der Waals surface area contributed by atoms with E-state index >= 15 is 0 Å². The summed E-state index contributed by atoms with van der Waals surface area (Å²) in [6.45, 7) is 5.67. The summed E-state index contributed by atoms with van der Waals surface area (Å²) < 4.78 is 0. The molecule has 2 rings (SSSR count). The summed E-state index contributed by atoms with van der Waals surface area (Å²) in [4.78, 5) is 4.41. The van der Waals surface area contributed by atoms with Gasteiger partial charge in [-0.15, -0.1) is 0 Å². The Morgan fingerprint density at radius 3 is 2.86 bits per heavy atom. The zero-order chi connectivity index (χ0) is 10.1. The second kappa shape index (κ2) is 3.14. The third-order valence-electron chi connectivity index (χ3n) is 2.25. The van der Waals surface area contributed by atoms with Gasteiger partial charge in [-0.2, -0.15) is 0 Å². The van der Waals surface area contributed by atoms with Gasteiger partial charge < -0.3 is 5.11 Å². The Kier molecular flexibility index (Phi) is 1.97. The first-order valence-corrected chi connectivity index (χ1v) is 4.43. The molecule has 0 radical (unpaired) electrons. The monoisotopic (exact) mass is 185 g/mol. The number of aromatic hydroxyl groups is 1. The van der Waals surface area contributed by atoms with E-state index in [1.54, 1.807) is 18.2 Å². The maximum absolute atomic E-state index is 9.31. The van der Waals surface area contributed by atoms with Crippen molar-refractivity contribution in [3.8, 4) is 5.75 Å². The maximum atomic E-state index is 9.31.